The van der Waals surface area contributed by atoms with Crippen molar-refractivity contribution in [1.82, 2.24) is 10.3 Å². The highest BCUT2D eigenvalue weighted by molar-refractivity contribution is 5.83. The van der Waals surface area contributed by atoms with E-state index in [9.17, 15) is 0 Å². The van der Waals surface area contributed by atoms with Gasteiger partial charge in [-0.15, -0.1) is 0 Å². The Morgan fingerprint density at radius 3 is 2.74 bits per heavy atom. The molecule has 1 aromatic heterocycles. The van der Waals surface area contributed by atoms with Crippen LogP contribution in [0.4, 0.5) is 0 Å². The molecule has 1 aromatic carbocycles. The third-order valence-electron chi connectivity index (χ3n) is 3.54. The van der Waals surface area contributed by atoms with Crippen molar-refractivity contribution in [3.63, 3.8) is 0 Å². The number of fused-ring (bicyclic) bond motifs is 1. The zero-order valence-electron chi connectivity index (χ0n) is 14.7. The lowest BCUT2D eigenvalue weighted by Gasteiger charge is -2.08. The van der Waals surface area contributed by atoms with Gasteiger partial charge in [-0.25, -0.2) is 0 Å². The summed E-state index contributed by atoms with van der Waals surface area (Å²) in [4.78, 5) is 4.40. The Bertz CT molecular complexity index is 647. The molecule has 0 radical (unpaired) electrons. The molecule has 0 aliphatic rings. The quantitative estimate of drug-likeness (QED) is 0.584. The molecule has 0 fully saturated rings. The summed E-state index contributed by atoms with van der Waals surface area (Å²) in [5.41, 5.74) is 3.50. The minimum Gasteiger partial charge on any atom is -0.497 e. The van der Waals surface area contributed by atoms with Crippen molar-refractivity contribution < 1.29 is 4.74 Å². The highest BCUT2D eigenvalue weighted by Gasteiger charge is 2.03. The van der Waals surface area contributed by atoms with Gasteiger partial charge < -0.3 is 10.1 Å². The van der Waals surface area contributed by atoms with Crippen molar-refractivity contribution in [1.29, 1.82) is 0 Å². The Kier molecular flexibility index (Phi) is 8.51. The predicted octanol–water partition coefficient (Wildman–Crippen LogP) is 4.88. The Hall–Kier alpha value is -2.29. The number of rotatable bonds is 7. The van der Waals surface area contributed by atoms with Gasteiger partial charge in [0.1, 0.15) is 5.75 Å². The third kappa shape index (κ3) is 5.44. The van der Waals surface area contributed by atoms with Crippen molar-refractivity contribution in [2.75, 3.05) is 13.7 Å². The molecule has 23 heavy (non-hydrogen) atoms. The second-order valence-electron chi connectivity index (χ2n) is 4.83. The standard InChI is InChI=1S/C18H22N2O.C2H6/c1-4-14(5-2)13-19-10-8-15-9-11-20-18-7-6-16(21-3)12-17(15)18;1-2/h4,6-7,9,11-13,19H,1,5,8,10H2,2-3H3;1-2H3/b14-13-;. The Labute approximate surface area is 140 Å². The minimum atomic E-state index is 0.865. The summed E-state index contributed by atoms with van der Waals surface area (Å²) >= 11 is 0. The molecule has 124 valence electrons. The molecule has 0 bridgehead atoms. The number of pyridine rings is 1. The fourth-order valence-electron chi connectivity index (χ4n) is 2.24. The fourth-order valence-corrected chi connectivity index (χ4v) is 2.24. The summed E-state index contributed by atoms with van der Waals surface area (Å²) in [5.74, 6) is 0.865. The van der Waals surface area contributed by atoms with E-state index in [-0.39, 0.29) is 0 Å². The van der Waals surface area contributed by atoms with Gasteiger partial charge in [-0.3, -0.25) is 4.98 Å². The van der Waals surface area contributed by atoms with Gasteiger partial charge in [0.05, 0.1) is 12.6 Å². The van der Waals surface area contributed by atoms with Crippen LogP contribution in [-0.2, 0) is 6.42 Å². The zero-order chi connectivity index (χ0) is 17.1. The van der Waals surface area contributed by atoms with Crippen molar-refractivity contribution in [3.05, 3.63) is 60.5 Å². The fraction of sp³-hybridized carbons (Fsp3) is 0.350. The van der Waals surface area contributed by atoms with Crippen LogP contribution in [0, 0.1) is 0 Å². The van der Waals surface area contributed by atoms with Gasteiger partial charge >= 0.3 is 0 Å². The summed E-state index contributed by atoms with van der Waals surface area (Å²) in [6.07, 6.45) is 7.72. The highest BCUT2D eigenvalue weighted by atomic mass is 16.5. The van der Waals surface area contributed by atoms with E-state index in [1.165, 1.54) is 11.1 Å². The number of methoxy groups -OCH3 is 1. The number of hydrogen-bond acceptors (Lipinski definition) is 3. The number of aromatic nitrogens is 1. The molecule has 2 rings (SSSR count). The van der Waals surface area contributed by atoms with E-state index < -0.39 is 0 Å². The zero-order valence-corrected chi connectivity index (χ0v) is 14.7. The predicted molar refractivity (Wildman–Crippen MR) is 99.9 cm³/mol. The first-order chi connectivity index (χ1) is 11.3. The first-order valence-corrected chi connectivity index (χ1v) is 8.25. The molecule has 2 aromatic rings. The number of ether oxygens (including phenoxy) is 1. The summed E-state index contributed by atoms with van der Waals surface area (Å²) in [6.45, 7) is 10.8. The van der Waals surface area contributed by atoms with E-state index in [4.69, 9.17) is 4.74 Å². The minimum absolute atomic E-state index is 0.865. The van der Waals surface area contributed by atoms with Crippen LogP contribution >= 0.6 is 0 Å². The summed E-state index contributed by atoms with van der Waals surface area (Å²) in [6, 6.07) is 8.06. The lowest BCUT2D eigenvalue weighted by molar-refractivity contribution is 0.415. The molecule has 0 spiro atoms. The average Bonchev–Trinajstić information content (AvgIpc) is 2.63. The molecule has 0 saturated carbocycles. The number of benzene rings is 1. The van der Waals surface area contributed by atoms with Crippen LogP contribution in [0.1, 0.15) is 32.8 Å². The van der Waals surface area contributed by atoms with Gasteiger partial charge in [0, 0.05) is 18.1 Å². The molecule has 0 amide bonds. The number of allylic oxidation sites excluding steroid dienone is 2. The summed E-state index contributed by atoms with van der Waals surface area (Å²) < 4.78 is 5.30. The molecule has 3 heteroatoms. The van der Waals surface area contributed by atoms with E-state index in [1.807, 2.05) is 44.5 Å². The maximum absolute atomic E-state index is 5.30. The van der Waals surface area contributed by atoms with Crippen LogP contribution in [0.15, 0.2) is 54.9 Å². The lowest BCUT2D eigenvalue weighted by atomic mass is 10.1. The van der Waals surface area contributed by atoms with Gasteiger partial charge in [-0.1, -0.05) is 33.4 Å². The monoisotopic (exact) mass is 312 g/mol. The van der Waals surface area contributed by atoms with Gasteiger partial charge in [-0.05, 0) is 54.4 Å². The maximum Gasteiger partial charge on any atom is 0.119 e. The van der Waals surface area contributed by atoms with Crippen LogP contribution in [0.3, 0.4) is 0 Å². The van der Waals surface area contributed by atoms with Crippen molar-refractivity contribution in [2.45, 2.75) is 33.6 Å². The Morgan fingerprint density at radius 2 is 2.09 bits per heavy atom. The normalized spacial score (nSPS) is 10.7. The summed E-state index contributed by atoms with van der Waals surface area (Å²) in [7, 11) is 1.69. The lowest BCUT2D eigenvalue weighted by Crippen LogP contribution is -2.11. The molecule has 1 N–H and O–H groups in total. The number of nitrogens with zero attached hydrogens (tertiary/aromatic N) is 1. The Morgan fingerprint density at radius 1 is 1.30 bits per heavy atom. The van der Waals surface area contributed by atoms with Crippen LogP contribution in [0.25, 0.3) is 10.9 Å². The molecule has 3 nitrogen and oxygen atoms in total. The van der Waals surface area contributed by atoms with Gasteiger partial charge in [0.2, 0.25) is 0 Å². The molecule has 1 heterocycles. The molecule has 0 atom stereocenters. The van der Waals surface area contributed by atoms with Gasteiger partial charge in [0.25, 0.3) is 0 Å². The van der Waals surface area contributed by atoms with E-state index in [1.54, 1.807) is 7.11 Å². The first kappa shape index (κ1) is 18.8. The SMILES string of the molecule is C=C/C(=C/NCCc1ccnc2ccc(OC)cc12)CC.CC. The van der Waals surface area contributed by atoms with E-state index >= 15 is 0 Å². The largest absolute Gasteiger partial charge is 0.497 e. The molecular weight excluding hydrogens is 284 g/mol. The second-order valence-corrected chi connectivity index (χ2v) is 4.83. The van der Waals surface area contributed by atoms with Crippen LogP contribution < -0.4 is 10.1 Å². The maximum atomic E-state index is 5.30. The Balaban J connectivity index is 0.00000127. The third-order valence-corrected chi connectivity index (χ3v) is 3.54. The smallest absolute Gasteiger partial charge is 0.119 e. The highest BCUT2D eigenvalue weighted by Crippen LogP contribution is 2.22. The molecule has 0 aliphatic heterocycles. The number of nitrogens with one attached hydrogen (secondary N) is 1. The number of hydrogen-bond donors (Lipinski definition) is 1. The van der Waals surface area contributed by atoms with Crippen LogP contribution in [0.5, 0.6) is 5.75 Å². The van der Waals surface area contributed by atoms with E-state index in [2.05, 4.69) is 35.9 Å². The molecular formula is C20H28N2O. The molecule has 0 aliphatic carbocycles. The van der Waals surface area contributed by atoms with Crippen molar-refractivity contribution in [3.8, 4) is 5.75 Å². The summed E-state index contributed by atoms with van der Waals surface area (Å²) in [5, 5.41) is 4.50. The second kappa shape index (κ2) is 10.4. The van der Waals surface area contributed by atoms with Crippen molar-refractivity contribution >= 4 is 10.9 Å². The van der Waals surface area contributed by atoms with Crippen LogP contribution in [-0.4, -0.2) is 18.6 Å². The molecule has 0 saturated heterocycles. The van der Waals surface area contributed by atoms with Gasteiger partial charge in [-0.2, -0.15) is 0 Å². The van der Waals surface area contributed by atoms with Crippen molar-refractivity contribution in [2.24, 2.45) is 0 Å². The van der Waals surface area contributed by atoms with E-state index in [0.29, 0.717) is 0 Å². The topological polar surface area (TPSA) is 34.2 Å². The van der Waals surface area contributed by atoms with Crippen LogP contribution in [0.2, 0.25) is 0 Å². The van der Waals surface area contributed by atoms with E-state index in [0.717, 1.165) is 36.0 Å². The molecule has 0 unspecified atom stereocenters. The first-order valence-electron chi connectivity index (χ1n) is 8.25. The average molecular weight is 312 g/mol. The van der Waals surface area contributed by atoms with Gasteiger partial charge in [0.15, 0.2) is 0 Å².